The summed E-state index contributed by atoms with van der Waals surface area (Å²) in [4.78, 5) is 22.8. The third-order valence-corrected chi connectivity index (χ3v) is 3.82. The second-order valence-corrected chi connectivity index (χ2v) is 6.22. The summed E-state index contributed by atoms with van der Waals surface area (Å²) in [5.41, 5.74) is -0.488. The number of carbonyl (C=O) groups excluding carboxylic acids is 2. The molecule has 4 nitrogen and oxygen atoms in total. The number of alkyl carbamates (subject to hydrolysis) is 1. The Balaban J connectivity index is 1.94. The predicted molar refractivity (Wildman–Crippen MR) is 63.5 cm³/mol. The Bertz CT molecular complexity index is 321. The molecule has 2 rings (SSSR count). The summed E-state index contributed by atoms with van der Waals surface area (Å²) in [6.07, 6.45) is 3.92. The molecule has 2 saturated carbocycles. The van der Waals surface area contributed by atoms with E-state index in [0.29, 0.717) is 11.8 Å². The quantitative estimate of drug-likeness (QED) is 0.751. The van der Waals surface area contributed by atoms with Crippen LogP contribution in [0.25, 0.3) is 0 Å². The highest BCUT2D eigenvalue weighted by Crippen LogP contribution is 2.47. The molecule has 0 saturated heterocycles. The normalized spacial score (nSPS) is 35.7. The van der Waals surface area contributed by atoms with Crippen LogP contribution in [0.3, 0.4) is 0 Å². The highest BCUT2D eigenvalue weighted by Gasteiger charge is 2.48. The van der Waals surface area contributed by atoms with Crippen molar-refractivity contribution in [3.63, 3.8) is 0 Å². The minimum atomic E-state index is -0.488. The van der Waals surface area contributed by atoms with E-state index in [1.54, 1.807) is 0 Å². The van der Waals surface area contributed by atoms with Crippen molar-refractivity contribution < 1.29 is 14.3 Å². The molecule has 4 atom stereocenters. The van der Waals surface area contributed by atoms with Crippen LogP contribution in [0.15, 0.2) is 0 Å². The van der Waals surface area contributed by atoms with Crippen molar-refractivity contribution in [3.05, 3.63) is 0 Å². The van der Waals surface area contributed by atoms with Gasteiger partial charge in [-0.3, -0.25) is 0 Å². The fourth-order valence-electron chi connectivity index (χ4n) is 3.19. The summed E-state index contributed by atoms with van der Waals surface area (Å²) in [5.74, 6) is 0.918. The van der Waals surface area contributed by atoms with Gasteiger partial charge in [0.25, 0.3) is 0 Å². The lowest BCUT2D eigenvalue weighted by Crippen LogP contribution is -2.46. The molecule has 0 heterocycles. The smallest absolute Gasteiger partial charge is 0.407 e. The average Bonchev–Trinajstić information content (AvgIpc) is 2.74. The third-order valence-electron chi connectivity index (χ3n) is 3.82. The first kappa shape index (κ1) is 12.4. The Hall–Kier alpha value is -1.06. The van der Waals surface area contributed by atoms with Crippen LogP contribution < -0.4 is 5.32 Å². The summed E-state index contributed by atoms with van der Waals surface area (Å²) >= 11 is 0. The largest absolute Gasteiger partial charge is 0.444 e. The van der Waals surface area contributed by atoms with E-state index in [0.717, 1.165) is 25.5 Å². The van der Waals surface area contributed by atoms with Crippen molar-refractivity contribution in [1.82, 2.24) is 5.32 Å². The zero-order valence-electron chi connectivity index (χ0n) is 10.7. The van der Waals surface area contributed by atoms with Crippen molar-refractivity contribution in [2.45, 2.75) is 51.7 Å². The molecule has 0 aromatic carbocycles. The van der Waals surface area contributed by atoms with Gasteiger partial charge in [0.15, 0.2) is 0 Å². The van der Waals surface area contributed by atoms with Gasteiger partial charge in [-0.15, -0.1) is 0 Å². The number of aldehydes is 1. The molecule has 2 aliphatic rings. The monoisotopic (exact) mass is 239 g/mol. The van der Waals surface area contributed by atoms with Gasteiger partial charge in [0, 0.05) is 12.0 Å². The number of amides is 1. The van der Waals surface area contributed by atoms with Crippen molar-refractivity contribution in [2.75, 3.05) is 0 Å². The van der Waals surface area contributed by atoms with Gasteiger partial charge in [-0.2, -0.15) is 0 Å². The lowest BCUT2D eigenvalue weighted by Gasteiger charge is -2.29. The van der Waals surface area contributed by atoms with Gasteiger partial charge in [0.1, 0.15) is 11.9 Å². The van der Waals surface area contributed by atoms with Gasteiger partial charge >= 0.3 is 6.09 Å². The first-order valence-corrected chi connectivity index (χ1v) is 6.35. The third kappa shape index (κ3) is 2.61. The Labute approximate surface area is 102 Å². The van der Waals surface area contributed by atoms with Gasteiger partial charge < -0.3 is 14.8 Å². The maximum atomic E-state index is 11.7. The Morgan fingerprint density at radius 2 is 1.94 bits per heavy atom. The molecule has 2 bridgehead atoms. The van der Waals surface area contributed by atoms with E-state index in [1.807, 2.05) is 20.8 Å². The summed E-state index contributed by atoms with van der Waals surface area (Å²) in [5, 5.41) is 2.88. The van der Waals surface area contributed by atoms with E-state index >= 15 is 0 Å². The molecule has 0 spiro atoms. The fourth-order valence-corrected chi connectivity index (χ4v) is 3.19. The summed E-state index contributed by atoms with van der Waals surface area (Å²) < 4.78 is 5.23. The molecule has 1 unspecified atom stereocenters. The molecule has 17 heavy (non-hydrogen) atoms. The van der Waals surface area contributed by atoms with E-state index in [1.165, 1.54) is 0 Å². The van der Waals surface area contributed by atoms with Gasteiger partial charge in [0.05, 0.1) is 0 Å². The van der Waals surface area contributed by atoms with Crippen LogP contribution in [0, 0.1) is 17.8 Å². The summed E-state index contributed by atoms with van der Waals surface area (Å²) in [7, 11) is 0. The van der Waals surface area contributed by atoms with Crippen molar-refractivity contribution >= 4 is 12.4 Å². The van der Waals surface area contributed by atoms with Crippen molar-refractivity contribution in [2.24, 2.45) is 17.8 Å². The molecule has 0 aromatic rings. The minimum Gasteiger partial charge on any atom is -0.444 e. The first-order chi connectivity index (χ1) is 7.90. The van der Waals surface area contributed by atoms with Crippen LogP contribution >= 0.6 is 0 Å². The SMILES string of the molecule is CC(C)(C)OC(=O)N[C@@H]1C(C=O)[C@H]2CC[C@@H]1C2. The zero-order valence-corrected chi connectivity index (χ0v) is 10.7. The van der Waals surface area contributed by atoms with Crippen molar-refractivity contribution in [3.8, 4) is 0 Å². The predicted octanol–water partition coefficient (Wildman–Crippen LogP) is 2.12. The first-order valence-electron chi connectivity index (χ1n) is 6.35. The highest BCUT2D eigenvalue weighted by atomic mass is 16.6. The van der Waals surface area contributed by atoms with E-state index < -0.39 is 11.7 Å². The number of ether oxygens (including phenoxy) is 1. The molecule has 4 heteroatoms. The zero-order chi connectivity index (χ0) is 12.6. The number of rotatable bonds is 2. The minimum absolute atomic E-state index is 0.0127. The van der Waals surface area contributed by atoms with Crippen LogP contribution in [0.1, 0.15) is 40.0 Å². The van der Waals surface area contributed by atoms with E-state index in [9.17, 15) is 9.59 Å². The second kappa shape index (κ2) is 4.31. The molecule has 2 fully saturated rings. The van der Waals surface area contributed by atoms with Gasteiger partial charge in [-0.1, -0.05) is 0 Å². The number of carbonyl (C=O) groups is 2. The number of nitrogens with one attached hydrogen (secondary N) is 1. The van der Waals surface area contributed by atoms with E-state index in [-0.39, 0.29) is 12.0 Å². The van der Waals surface area contributed by atoms with Crippen molar-refractivity contribution in [1.29, 1.82) is 0 Å². The lowest BCUT2D eigenvalue weighted by molar-refractivity contribution is -0.113. The molecule has 0 radical (unpaired) electrons. The molecule has 1 amide bonds. The summed E-state index contributed by atoms with van der Waals surface area (Å²) in [6, 6.07) is -0.0129. The van der Waals surface area contributed by atoms with Crippen LogP contribution in [0.5, 0.6) is 0 Å². The lowest BCUT2D eigenvalue weighted by atomic mass is 9.85. The van der Waals surface area contributed by atoms with Gasteiger partial charge in [0.2, 0.25) is 0 Å². The number of fused-ring (bicyclic) bond motifs is 2. The van der Waals surface area contributed by atoms with Crippen LogP contribution in [-0.2, 0) is 9.53 Å². The van der Waals surface area contributed by atoms with Crippen LogP contribution in [0.4, 0.5) is 4.79 Å². The Kier molecular flexibility index (Phi) is 3.15. The molecular formula is C13H21NO3. The second-order valence-electron chi connectivity index (χ2n) is 6.22. The molecule has 2 aliphatic carbocycles. The number of hydrogen-bond acceptors (Lipinski definition) is 3. The molecule has 0 aromatic heterocycles. The van der Waals surface area contributed by atoms with E-state index in [4.69, 9.17) is 4.74 Å². The molecule has 1 N–H and O–H groups in total. The Morgan fingerprint density at radius 1 is 1.29 bits per heavy atom. The molecule has 0 aliphatic heterocycles. The van der Waals surface area contributed by atoms with Gasteiger partial charge in [-0.25, -0.2) is 4.79 Å². The molecule has 96 valence electrons. The van der Waals surface area contributed by atoms with Gasteiger partial charge in [-0.05, 0) is 51.9 Å². The average molecular weight is 239 g/mol. The van der Waals surface area contributed by atoms with E-state index in [2.05, 4.69) is 5.32 Å². The highest BCUT2D eigenvalue weighted by molar-refractivity contribution is 5.69. The number of hydrogen-bond donors (Lipinski definition) is 1. The van der Waals surface area contributed by atoms with Crippen LogP contribution in [-0.4, -0.2) is 24.0 Å². The topological polar surface area (TPSA) is 55.4 Å². The fraction of sp³-hybridized carbons (Fsp3) is 0.846. The Morgan fingerprint density at radius 3 is 2.53 bits per heavy atom. The standard InChI is InChI=1S/C13H21NO3/c1-13(2,3)17-12(16)14-11-9-5-4-8(6-9)10(11)7-15/h7-11H,4-6H2,1-3H3,(H,14,16)/t8-,9+,10?,11-/m0/s1. The van der Waals surface area contributed by atoms with Crippen LogP contribution in [0.2, 0.25) is 0 Å². The maximum Gasteiger partial charge on any atom is 0.407 e. The maximum absolute atomic E-state index is 11.7. The molecular weight excluding hydrogens is 218 g/mol. The summed E-state index contributed by atoms with van der Waals surface area (Å²) in [6.45, 7) is 5.51.